The number of rotatable bonds is 8. The summed E-state index contributed by atoms with van der Waals surface area (Å²) in [7, 11) is 0. The van der Waals surface area contributed by atoms with Crippen LogP contribution in [0.25, 0.3) is 22.3 Å². The smallest absolute Gasteiger partial charge is 0.247 e. The van der Waals surface area contributed by atoms with Gasteiger partial charge in [0.1, 0.15) is 11.3 Å². The van der Waals surface area contributed by atoms with Gasteiger partial charge in [-0.2, -0.15) is 0 Å². The average Bonchev–Trinajstić information content (AvgIpc) is 3.21. The molecule has 0 fully saturated rings. The number of H-pyrrole nitrogens is 1. The van der Waals surface area contributed by atoms with Crippen LogP contribution in [0, 0.1) is 0 Å². The molecule has 8 heteroatoms. The number of hydrogen-bond donors (Lipinski definition) is 4. The number of benzene rings is 2. The van der Waals surface area contributed by atoms with E-state index >= 15 is 0 Å². The molecule has 0 radical (unpaired) electrons. The summed E-state index contributed by atoms with van der Waals surface area (Å²) in [6, 6.07) is 14.8. The minimum absolute atomic E-state index is 0.0575. The third-order valence-corrected chi connectivity index (χ3v) is 4.48. The van der Waals surface area contributed by atoms with E-state index < -0.39 is 0 Å². The molecule has 156 valence electrons. The van der Waals surface area contributed by atoms with Crippen molar-refractivity contribution in [3.63, 3.8) is 0 Å². The topological polar surface area (TPSA) is 112 Å². The number of nitrogens with zero attached hydrogens (tertiary/aromatic N) is 2. The van der Waals surface area contributed by atoms with Crippen molar-refractivity contribution in [1.29, 1.82) is 0 Å². The molecule has 0 saturated heterocycles. The summed E-state index contributed by atoms with van der Waals surface area (Å²) in [6.07, 6.45) is 4.59. The summed E-state index contributed by atoms with van der Waals surface area (Å²) in [5.41, 5.74) is 4.64. The molecular formula is C23H21N5O3. The lowest BCUT2D eigenvalue weighted by molar-refractivity contribution is -0.111. The van der Waals surface area contributed by atoms with E-state index in [0.717, 1.165) is 16.8 Å². The molecule has 0 aliphatic rings. The van der Waals surface area contributed by atoms with E-state index in [1.807, 2.05) is 30.5 Å². The largest absolute Gasteiger partial charge is 0.437 e. The average molecular weight is 415 g/mol. The summed E-state index contributed by atoms with van der Waals surface area (Å²) in [5.74, 6) is 0.545. The Bertz CT molecular complexity index is 1230. The Labute approximate surface area is 178 Å². The van der Waals surface area contributed by atoms with Crippen LogP contribution in [0.3, 0.4) is 0 Å². The maximum atomic E-state index is 11.5. The quantitative estimate of drug-likeness (QED) is 0.324. The van der Waals surface area contributed by atoms with Gasteiger partial charge in [-0.15, -0.1) is 0 Å². The Balaban J connectivity index is 1.61. The second-order valence-electron chi connectivity index (χ2n) is 6.66. The summed E-state index contributed by atoms with van der Waals surface area (Å²) in [5, 5.41) is 14.9. The fraction of sp³-hybridized carbons (Fsp3) is 0.0870. The van der Waals surface area contributed by atoms with Gasteiger partial charge >= 0.3 is 0 Å². The summed E-state index contributed by atoms with van der Waals surface area (Å²) in [4.78, 5) is 23.7. The van der Waals surface area contributed by atoms with Gasteiger partial charge in [-0.3, -0.25) is 4.79 Å². The third kappa shape index (κ3) is 4.71. The van der Waals surface area contributed by atoms with Gasteiger partial charge in [-0.1, -0.05) is 24.8 Å². The number of amides is 1. The van der Waals surface area contributed by atoms with Crippen molar-refractivity contribution in [2.75, 3.05) is 23.8 Å². The van der Waals surface area contributed by atoms with E-state index in [1.165, 1.54) is 12.3 Å². The van der Waals surface area contributed by atoms with Crippen molar-refractivity contribution in [3.05, 3.63) is 73.6 Å². The molecule has 2 aromatic heterocycles. The van der Waals surface area contributed by atoms with Gasteiger partial charge in [0.05, 0.1) is 12.8 Å². The molecule has 4 rings (SSSR count). The Morgan fingerprint density at radius 3 is 2.87 bits per heavy atom. The molecule has 4 N–H and O–H groups in total. The van der Waals surface area contributed by atoms with Crippen molar-refractivity contribution < 1.29 is 14.6 Å². The monoisotopic (exact) mass is 415 g/mol. The molecule has 0 saturated carbocycles. The highest BCUT2D eigenvalue weighted by Crippen LogP contribution is 2.30. The lowest BCUT2D eigenvalue weighted by Gasteiger charge is -2.08. The lowest BCUT2D eigenvalue weighted by atomic mass is 10.1. The van der Waals surface area contributed by atoms with E-state index in [-0.39, 0.29) is 12.5 Å². The number of carbonyl (C=O) groups is 1. The number of aromatic amines is 1. The summed E-state index contributed by atoms with van der Waals surface area (Å²) < 4.78 is 5.87. The zero-order chi connectivity index (χ0) is 21.6. The minimum Gasteiger partial charge on any atom is -0.437 e. The van der Waals surface area contributed by atoms with Crippen molar-refractivity contribution in [2.24, 2.45) is 0 Å². The number of fused-ring (bicyclic) bond motifs is 1. The highest BCUT2D eigenvalue weighted by Gasteiger charge is 2.12. The van der Waals surface area contributed by atoms with Gasteiger partial charge in [-0.25, -0.2) is 9.97 Å². The first-order chi connectivity index (χ1) is 15.2. The first-order valence-corrected chi connectivity index (χ1v) is 9.67. The number of aromatic nitrogens is 3. The molecule has 4 aromatic rings. The maximum Gasteiger partial charge on any atom is 0.247 e. The van der Waals surface area contributed by atoms with Crippen molar-refractivity contribution >= 4 is 28.4 Å². The van der Waals surface area contributed by atoms with Crippen LogP contribution in [-0.2, 0) is 4.79 Å². The molecule has 1 amide bonds. The molecule has 0 unspecified atom stereocenters. The van der Waals surface area contributed by atoms with Gasteiger partial charge in [0, 0.05) is 35.7 Å². The molecule has 0 aliphatic carbocycles. The number of nitrogens with one attached hydrogen (secondary N) is 3. The van der Waals surface area contributed by atoms with Gasteiger partial charge in [0.25, 0.3) is 0 Å². The molecule has 0 spiro atoms. The fourth-order valence-electron chi connectivity index (χ4n) is 3.09. The SMILES string of the molecule is C=CC(=O)Nc1cccc(Oc2cnc3[nH]cc(-c4cccc(NCCO)c4)c3n2)c1. The summed E-state index contributed by atoms with van der Waals surface area (Å²) in [6.45, 7) is 3.98. The number of aliphatic hydroxyl groups excluding tert-OH is 1. The van der Waals surface area contributed by atoms with E-state index in [9.17, 15) is 4.79 Å². The highest BCUT2D eigenvalue weighted by molar-refractivity contribution is 5.99. The van der Waals surface area contributed by atoms with Crippen LogP contribution in [0.2, 0.25) is 0 Å². The van der Waals surface area contributed by atoms with Crippen LogP contribution in [-0.4, -0.2) is 39.1 Å². The van der Waals surface area contributed by atoms with Crippen LogP contribution < -0.4 is 15.4 Å². The van der Waals surface area contributed by atoms with Crippen LogP contribution in [0.15, 0.2) is 73.6 Å². The normalized spacial score (nSPS) is 10.6. The fourth-order valence-corrected chi connectivity index (χ4v) is 3.09. The van der Waals surface area contributed by atoms with Gasteiger partial charge < -0.3 is 25.5 Å². The molecule has 8 nitrogen and oxygen atoms in total. The molecule has 31 heavy (non-hydrogen) atoms. The zero-order valence-electron chi connectivity index (χ0n) is 16.6. The van der Waals surface area contributed by atoms with Crippen molar-refractivity contribution in [1.82, 2.24) is 15.0 Å². The molecule has 0 atom stereocenters. The lowest BCUT2D eigenvalue weighted by Crippen LogP contribution is -2.07. The van der Waals surface area contributed by atoms with Gasteiger partial charge in [0.2, 0.25) is 11.8 Å². The molecule has 0 aliphatic heterocycles. The van der Waals surface area contributed by atoms with Gasteiger partial charge in [-0.05, 0) is 35.9 Å². The predicted molar refractivity (Wildman–Crippen MR) is 120 cm³/mol. The zero-order valence-corrected chi connectivity index (χ0v) is 16.6. The molecular weight excluding hydrogens is 394 g/mol. The van der Waals surface area contributed by atoms with E-state index in [1.54, 1.807) is 24.3 Å². The van der Waals surface area contributed by atoms with Crippen molar-refractivity contribution in [2.45, 2.75) is 0 Å². The molecule has 2 aromatic carbocycles. The number of hydrogen-bond acceptors (Lipinski definition) is 6. The Hall–Kier alpha value is -4.17. The van der Waals surface area contributed by atoms with Crippen LogP contribution in [0.1, 0.15) is 0 Å². The second kappa shape index (κ2) is 9.10. The standard InChI is InChI=1S/C23H21N5O3/c1-2-20(30)27-17-7-4-8-18(12-17)31-21-14-26-23-22(28-21)19(13-25-23)15-5-3-6-16(11-15)24-9-10-29/h2-8,11-14,24,29H,1,9-10H2,(H,25,26)(H,27,30). The molecule has 2 heterocycles. The first kappa shape index (κ1) is 20.1. The highest BCUT2D eigenvalue weighted by atomic mass is 16.5. The third-order valence-electron chi connectivity index (χ3n) is 4.48. The van der Waals surface area contributed by atoms with Crippen LogP contribution in [0.5, 0.6) is 11.6 Å². The van der Waals surface area contributed by atoms with E-state index in [2.05, 4.69) is 32.2 Å². The van der Waals surface area contributed by atoms with E-state index in [0.29, 0.717) is 35.0 Å². The first-order valence-electron chi connectivity index (χ1n) is 9.67. The Morgan fingerprint density at radius 2 is 2.03 bits per heavy atom. The number of carbonyl (C=O) groups excluding carboxylic acids is 1. The molecule has 0 bridgehead atoms. The summed E-state index contributed by atoms with van der Waals surface area (Å²) >= 11 is 0. The van der Waals surface area contributed by atoms with Crippen LogP contribution >= 0.6 is 0 Å². The van der Waals surface area contributed by atoms with Gasteiger partial charge in [0.15, 0.2) is 5.65 Å². The van der Waals surface area contributed by atoms with Crippen molar-refractivity contribution in [3.8, 4) is 22.8 Å². The number of ether oxygens (including phenoxy) is 1. The Kier molecular flexibility index (Phi) is 5.91. The predicted octanol–water partition coefficient (Wildman–Crippen LogP) is 3.95. The number of aliphatic hydroxyl groups is 1. The number of anilines is 2. The maximum absolute atomic E-state index is 11.5. The second-order valence-corrected chi connectivity index (χ2v) is 6.66. The van der Waals surface area contributed by atoms with E-state index in [4.69, 9.17) is 9.84 Å². The minimum atomic E-state index is -0.300. The van der Waals surface area contributed by atoms with Crippen LogP contribution in [0.4, 0.5) is 11.4 Å². The Morgan fingerprint density at radius 1 is 1.19 bits per heavy atom.